The molecule has 0 radical (unpaired) electrons. The monoisotopic (exact) mass is 612 g/mol. The van der Waals surface area contributed by atoms with Crippen molar-refractivity contribution in [3.8, 4) is 16.9 Å². The Hall–Kier alpha value is -4.86. The number of Topliss-reactive ketones (excluding diaryl/α,β-unsaturated/α-hetero) is 1. The number of carboxylic acid groups (broad SMARTS) is 5. The minimum atomic E-state index is -1.66. The molecule has 0 saturated carbocycles. The Morgan fingerprint density at radius 3 is 1.66 bits per heavy atom. The van der Waals surface area contributed by atoms with Gasteiger partial charge in [-0.05, 0) is 30.2 Å². The van der Waals surface area contributed by atoms with Crippen LogP contribution in [0.1, 0.15) is 17.3 Å². The van der Waals surface area contributed by atoms with Gasteiger partial charge in [0.1, 0.15) is 12.4 Å². The van der Waals surface area contributed by atoms with E-state index in [9.17, 15) is 54.3 Å². The summed E-state index contributed by atoms with van der Waals surface area (Å²) in [5.41, 5.74) is 1.69. The summed E-state index contributed by atoms with van der Waals surface area (Å²) >= 11 is 0. The van der Waals surface area contributed by atoms with Gasteiger partial charge in [0, 0.05) is 52.4 Å². The van der Waals surface area contributed by atoms with Crippen LogP contribution in [0.2, 0.25) is 0 Å². The number of benzene rings is 2. The highest BCUT2D eigenvalue weighted by Gasteiger charge is 2.25. The second kappa shape index (κ2) is 17.3. The lowest BCUT2D eigenvalue weighted by molar-refractivity contribution is -0.313. The van der Waals surface area contributed by atoms with Gasteiger partial charge in [0.05, 0.1) is 41.5 Å². The van der Waals surface area contributed by atoms with Gasteiger partial charge in [0.15, 0.2) is 5.78 Å². The molecule has 0 unspecified atom stereocenters. The molecule has 15 heteroatoms. The first-order valence-electron chi connectivity index (χ1n) is 13.3. The molecule has 0 aromatic heterocycles. The number of carbonyl (C=O) groups excluding carboxylic acids is 6. The first-order chi connectivity index (χ1) is 20.7. The van der Waals surface area contributed by atoms with E-state index >= 15 is 0 Å². The molecule has 0 saturated heterocycles. The van der Waals surface area contributed by atoms with E-state index in [1.807, 2.05) is 30.3 Å². The lowest BCUT2D eigenvalue weighted by atomic mass is 10.0. The number of aliphatic carboxylic acids is 5. The highest BCUT2D eigenvalue weighted by Crippen LogP contribution is 2.27. The quantitative estimate of drug-likeness (QED) is 0.119. The van der Waals surface area contributed by atoms with Gasteiger partial charge in [-0.25, -0.2) is 0 Å². The molecule has 0 spiro atoms. The zero-order chi connectivity index (χ0) is 32.8. The number of hydrogen-bond acceptors (Lipinski definition) is 15. The maximum atomic E-state index is 12.5. The summed E-state index contributed by atoms with van der Waals surface area (Å²) < 4.78 is 5.87. The van der Waals surface area contributed by atoms with Gasteiger partial charge < -0.3 is 54.2 Å². The molecule has 1 atom stereocenters. The first kappa shape index (κ1) is 35.3. The van der Waals surface area contributed by atoms with Crippen LogP contribution >= 0.6 is 0 Å². The van der Waals surface area contributed by atoms with Crippen LogP contribution in [0.5, 0.6) is 5.75 Å². The maximum absolute atomic E-state index is 12.5. The molecule has 0 aliphatic heterocycles. The van der Waals surface area contributed by atoms with Gasteiger partial charge >= 0.3 is 0 Å². The van der Waals surface area contributed by atoms with Crippen molar-refractivity contribution in [1.29, 1.82) is 0 Å². The fourth-order valence-electron chi connectivity index (χ4n) is 4.42. The normalized spacial score (nSPS) is 11.8. The summed E-state index contributed by atoms with van der Waals surface area (Å²) in [6, 6.07) is 12.7. The largest absolute Gasteiger partial charge is 0.549 e. The van der Waals surface area contributed by atoms with Gasteiger partial charge in [-0.1, -0.05) is 36.4 Å². The Morgan fingerprint density at radius 2 is 1.16 bits per heavy atom. The Balaban J connectivity index is 2.39. The lowest BCUT2D eigenvalue weighted by Crippen LogP contribution is -2.56. The predicted octanol–water partition coefficient (Wildman–Crippen LogP) is -6.04. The molecule has 0 aliphatic rings. The summed E-state index contributed by atoms with van der Waals surface area (Å²) in [4.78, 5) is 71.9. The van der Waals surface area contributed by atoms with Crippen molar-refractivity contribution < 1.29 is 59.0 Å². The average molecular weight is 613 g/mol. The van der Waals surface area contributed by atoms with E-state index < -0.39 is 75.2 Å². The molecule has 2 aromatic carbocycles. The van der Waals surface area contributed by atoms with Crippen molar-refractivity contribution in [2.75, 3.05) is 59.0 Å². The number of hydrogen-bond donors (Lipinski definition) is 0. The van der Waals surface area contributed by atoms with Crippen molar-refractivity contribution in [3.63, 3.8) is 0 Å². The van der Waals surface area contributed by atoms with E-state index in [1.165, 1.54) is 13.0 Å². The van der Waals surface area contributed by atoms with Crippen molar-refractivity contribution in [2.24, 2.45) is 0 Å². The summed E-state index contributed by atoms with van der Waals surface area (Å²) in [6.45, 7) is -4.35. The first-order valence-corrected chi connectivity index (χ1v) is 13.3. The topological polar surface area (TPSA) is 237 Å². The number of nitrogens with zero attached hydrogens (tertiary/aromatic N) is 3. The SMILES string of the molecule is CC(=O)c1cc(-c2ccccc2)ccc1OC[C@@H](CN(CCN(CC(=O)[O-])CC(=O)[O-])CC(=O)[O-])N(CC(=O)[O-])CC(=O)[O-]. The van der Waals surface area contributed by atoms with E-state index in [0.29, 0.717) is 5.56 Å². The van der Waals surface area contributed by atoms with Crippen LogP contribution in [0.3, 0.4) is 0 Å². The highest BCUT2D eigenvalue weighted by atomic mass is 16.5. The number of carboxylic acids is 5. The van der Waals surface area contributed by atoms with E-state index in [-0.39, 0.29) is 36.7 Å². The fourth-order valence-corrected chi connectivity index (χ4v) is 4.42. The van der Waals surface area contributed by atoms with Crippen molar-refractivity contribution >= 4 is 35.6 Å². The smallest absolute Gasteiger partial charge is 0.163 e. The zero-order valence-corrected chi connectivity index (χ0v) is 23.8. The molecule has 2 aromatic rings. The van der Waals surface area contributed by atoms with E-state index in [4.69, 9.17) is 4.74 Å². The molecule has 2 rings (SSSR count). The number of carbonyl (C=O) groups is 6. The maximum Gasteiger partial charge on any atom is 0.163 e. The molecular weight excluding hydrogens is 582 g/mol. The van der Waals surface area contributed by atoms with Crippen molar-refractivity contribution in [1.82, 2.24) is 14.7 Å². The average Bonchev–Trinajstić information content (AvgIpc) is 2.92. The Kier molecular flexibility index (Phi) is 13.9. The molecule has 0 N–H and O–H groups in total. The standard InChI is InChI=1S/C29H35N3O12/c1-19(33)23-11-21(20-5-3-2-4-6-20)7-8-24(23)44-18-22(32(16-28(40)41)17-29(42)43)12-30(13-25(34)35)9-10-31(14-26(36)37)15-27(38)39/h2-8,11,22H,9-10,12-18H2,1H3,(H,34,35)(H,36,37)(H,38,39)(H,40,41)(H,42,43)/p-5/t22-/m1/s1. The summed E-state index contributed by atoms with van der Waals surface area (Å²) in [5.74, 6) is -8.38. The van der Waals surface area contributed by atoms with Crippen LogP contribution in [0.25, 0.3) is 11.1 Å². The van der Waals surface area contributed by atoms with Crippen LogP contribution < -0.4 is 30.3 Å². The third-order valence-corrected chi connectivity index (χ3v) is 6.34. The van der Waals surface area contributed by atoms with Crippen LogP contribution in [0.15, 0.2) is 48.5 Å². The molecule has 0 heterocycles. The summed E-state index contributed by atoms with van der Waals surface area (Å²) in [6.07, 6.45) is 0. The minimum absolute atomic E-state index is 0.0876. The van der Waals surface area contributed by atoms with Crippen LogP contribution in [0.4, 0.5) is 0 Å². The molecule has 44 heavy (non-hydrogen) atoms. The van der Waals surface area contributed by atoms with Gasteiger partial charge in [-0.3, -0.25) is 19.5 Å². The minimum Gasteiger partial charge on any atom is -0.549 e. The number of ether oxygens (including phenoxy) is 1. The van der Waals surface area contributed by atoms with Crippen molar-refractivity contribution in [2.45, 2.75) is 13.0 Å². The second-order valence-corrected chi connectivity index (χ2v) is 9.81. The highest BCUT2D eigenvalue weighted by molar-refractivity contribution is 5.98. The lowest BCUT2D eigenvalue weighted by Gasteiger charge is -2.37. The van der Waals surface area contributed by atoms with Crippen LogP contribution in [0, 0.1) is 0 Å². The Morgan fingerprint density at radius 1 is 0.659 bits per heavy atom. The Bertz CT molecular complexity index is 1300. The number of rotatable bonds is 21. The second-order valence-electron chi connectivity index (χ2n) is 9.81. The van der Waals surface area contributed by atoms with Gasteiger partial charge in [-0.15, -0.1) is 0 Å². The van der Waals surface area contributed by atoms with Gasteiger partial charge in [0.2, 0.25) is 0 Å². The predicted molar refractivity (Wildman–Crippen MR) is 141 cm³/mol. The molecule has 0 amide bonds. The third kappa shape index (κ3) is 12.6. The van der Waals surface area contributed by atoms with Gasteiger partial charge in [-0.2, -0.15) is 0 Å². The summed E-state index contributed by atoms with van der Waals surface area (Å²) in [7, 11) is 0. The third-order valence-electron chi connectivity index (χ3n) is 6.34. The van der Waals surface area contributed by atoms with Crippen LogP contribution in [-0.4, -0.2) is 115 Å². The molecule has 15 nitrogen and oxygen atoms in total. The Labute approximate surface area is 252 Å². The fraction of sp³-hybridized carbons (Fsp3) is 0.379. The van der Waals surface area contributed by atoms with E-state index in [1.54, 1.807) is 12.1 Å². The van der Waals surface area contributed by atoms with Crippen molar-refractivity contribution in [3.05, 3.63) is 54.1 Å². The molecule has 0 fully saturated rings. The molecule has 0 aliphatic carbocycles. The van der Waals surface area contributed by atoms with Gasteiger partial charge in [0.25, 0.3) is 0 Å². The van der Waals surface area contributed by atoms with E-state index in [2.05, 4.69) is 0 Å². The summed E-state index contributed by atoms with van der Waals surface area (Å²) in [5, 5.41) is 56.5. The van der Waals surface area contributed by atoms with Crippen LogP contribution in [-0.2, 0) is 24.0 Å². The molecule has 238 valence electrons. The number of ketones is 1. The zero-order valence-electron chi connectivity index (χ0n) is 23.8. The van der Waals surface area contributed by atoms with E-state index in [0.717, 1.165) is 20.3 Å². The molecular formula is C29H30N3O12-5. The molecule has 0 bridgehead atoms.